The van der Waals surface area contributed by atoms with Crippen LogP contribution in [0.2, 0.25) is 0 Å². The first-order valence-electron chi connectivity index (χ1n) is 9.77. The number of benzene rings is 1. The summed E-state index contributed by atoms with van der Waals surface area (Å²) in [5.41, 5.74) is 0.845. The molecule has 7 heteroatoms. The second-order valence-electron chi connectivity index (χ2n) is 7.12. The van der Waals surface area contributed by atoms with Crippen LogP contribution in [0.15, 0.2) is 12.1 Å². The number of ether oxygens (including phenoxy) is 2. The van der Waals surface area contributed by atoms with Gasteiger partial charge in [0.05, 0.1) is 19.7 Å². The molecule has 1 aliphatic heterocycles. The van der Waals surface area contributed by atoms with E-state index in [1.54, 1.807) is 14.2 Å². The molecule has 0 unspecified atom stereocenters. The third kappa shape index (κ3) is 4.71. The topological polar surface area (TPSA) is 71.5 Å². The van der Waals surface area contributed by atoms with E-state index in [1.807, 2.05) is 12.1 Å². The molecule has 2 heterocycles. The predicted molar refractivity (Wildman–Crippen MR) is 110 cm³/mol. The van der Waals surface area contributed by atoms with E-state index in [9.17, 15) is 0 Å². The zero-order chi connectivity index (χ0) is 19.2. The molecular formula is C20H31N5O2. The number of hydrogen-bond donors (Lipinski definition) is 2. The molecule has 0 spiro atoms. The molecule has 27 heavy (non-hydrogen) atoms. The molecular weight excluding hydrogens is 342 g/mol. The Morgan fingerprint density at radius 2 is 1.81 bits per heavy atom. The van der Waals surface area contributed by atoms with Gasteiger partial charge in [0.2, 0.25) is 5.95 Å². The SMILES string of the molecule is CCCCNc1nc(NC2CCN(C)CC2)c2cc(OC)c(OC)cc2n1. The molecule has 1 aliphatic rings. The highest BCUT2D eigenvalue weighted by atomic mass is 16.5. The van der Waals surface area contributed by atoms with Gasteiger partial charge < -0.3 is 25.0 Å². The van der Waals surface area contributed by atoms with Crippen LogP contribution in [0, 0.1) is 0 Å². The minimum atomic E-state index is 0.413. The van der Waals surface area contributed by atoms with Crippen LogP contribution < -0.4 is 20.1 Å². The van der Waals surface area contributed by atoms with Crippen molar-refractivity contribution in [2.75, 3.05) is 51.5 Å². The monoisotopic (exact) mass is 373 g/mol. The van der Waals surface area contributed by atoms with Gasteiger partial charge in [-0.2, -0.15) is 4.98 Å². The van der Waals surface area contributed by atoms with Crippen LogP contribution in [0.5, 0.6) is 11.5 Å². The molecule has 0 amide bonds. The van der Waals surface area contributed by atoms with Gasteiger partial charge in [-0.1, -0.05) is 13.3 Å². The molecule has 1 aromatic carbocycles. The molecule has 2 aromatic rings. The molecule has 0 aliphatic carbocycles. The van der Waals surface area contributed by atoms with Gasteiger partial charge in [0.1, 0.15) is 5.82 Å². The Hall–Kier alpha value is -2.28. The van der Waals surface area contributed by atoms with Gasteiger partial charge >= 0.3 is 0 Å². The lowest BCUT2D eigenvalue weighted by Gasteiger charge is -2.30. The van der Waals surface area contributed by atoms with Crippen molar-refractivity contribution in [3.05, 3.63) is 12.1 Å². The van der Waals surface area contributed by atoms with Gasteiger partial charge in [0.15, 0.2) is 11.5 Å². The average molecular weight is 374 g/mol. The van der Waals surface area contributed by atoms with Crippen molar-refractivity contribution in [3.8, 4) is 11.5 Å². The van der Waals surface area contributed by atoms with Crippen LogP contribution in [0.25, 0.3) is 10.9 Å². The summed E-state index contributed by atoms with van der Waals surface area (Å²) in [7, 11) is 5.46. The molecule has 3 rings (SSSR count). The highest BCUT2D eigenvalue weighted by molar-refractivity contribution is 5.92. The molecule has 7 nitrogen and oxygen atoms in total. The number of rotatable bonds is 8. The number of unbranched alkanes of at least 4 members (excludes halogenated alkanes) is 1. The van der Waals surface area contributed by atoms with E-state index in [0.717, 1.165) is 62.0 Å². The quantitative estimate of drug-likeness (QED) is 0.688. The summed E-state index contributed by atoms with van der Waals surface area (Å²) in [5, 5.41) is 7.95. The van der Waals surface area contributed by atoms with E-state index in [1.165, 1.54) is 0 Å². The van der Waals surface area contributed by atoms with E-state index >= 15 is 0 Å². The van der Waals surface area contributed by atoms with Crippen LogP contribution in [-0.2, 0) is 0 Å². The van der Waals surface area contributed by atoms with E-state index in [-0.39, 0.29) is 0 Å². The average Bonchev–Trinajstić information content (AvgIpc) is 2.69. The number of nitrogens with zero attached hydrogens (tertiary/aromatic N) is 3. The fourth-order valence-corrected chi connectivity index (χ4v) is 3.37. The summed E-state index contributed by atoms with van der Waals surface area (Å²) < 4.78 is 10.9. The van der Waals surface area contributed by atoms with Crippen LogP contribution in [0.3, 0.4) is 0 Å². The van der Waals surface area contributed by atoms with E-state index in [4.69, 9.17) is 19.4 Å². The third-order valence-corrected chi connectivity index (χ3v) is 5.07. The Balaban J connectivity index is 1.95. The first-order valence-corrected chi connectivity index (χ1v) is 9.77. The standard InChI is InChI=1S/C20H31N5O2/c1-5-6-9-21-20-23-16-13-18(27-4)17(26-3)12-15(16)19(24-20)22-14-7-10-25(2)11-8-14/h12-14H,5-11H2,1-4H3,(H2,21,22,23,24). The molecule has 1 fully saturated rings. The van der Waals surface area contributed by atoms with Crippen molar-refractivity contribution < 1.29 is 9.47 Å². The summed E-state index contributed by atoms with van der Waals surface area (Å²) in [6, 6.07) is 4.29. The van der Waals surface area contributed by atoms with Gasteiger partial charge in [0.25, 0.3) is 0 Å². The second-order valence-corrected chi connectivity index (χ2v) is 7.12. The summed E-state index contributed by atoms with van der Waals surface area (Å²) in [5.74, 6) is 2.87. The van der Waals surface area contributed by atoms with Crippen LogP contribution in [0.1, 0.15) is 32.6 Å². The molecule has 1 aromatic heterocycles. The number of hydrogen-bond acceptors (Lipinski definition) is 7. The van der Waals surface area contributed by atoms with Crippen molar-refractivity contribution in [1.82, 2.24) is 14.9 Å². The van der Waals surface area contributed by atoms with Crippen LogP contribution in [0.4, 0.5) is 11.8 Å². The number of piperidine rings is 1. The van der Waals surface area contributed by atoms with E-state index < -0.39 is 0 Å². The number of methoxy groups -OCH3 is 2. The lowest BCUT2D eigenvalue weighted by atomic mass is 10.1. The summed E-state index contributed by atoms with van der Waals surface area (Å²) in [6.45, 7) is 5.23. The lowest BCUT2D eigenvalue weighted by molar-refractivity contribution is 0.264. The number of anilines is 2. The van der Waals surface area contributed by atoms with Crippen LogP contribution >= 0.6 is 0 Å². The minimum absolute atomic E-state index is 0.413. The first kappa shape index (κ1) is 19.5. The Kier molecular flexibility index (Phi) is 6.55. The normalized spacial score (nSPS) is 15.7. The lowest BCUT2D eigenvalue weighted by Crippen LogP contribution is -2.37. The Labute approximate surface area is 161 Å². The van der Waals surface area contributed by atoms with Gasteiger partial charge in [-0.25, -0.2) is 4.98 Å². The number of fused-ring (bicyclic) bond motifs is 1. The fraction of sp³-hybridized carbons (Fsp3) is 0.600. The molecule has 0 saturated carbocycles. The Morgan fingerprint density at radius 3 is 2.48 bits per heavy atom. The van der Waals surface area contributed by atoms with Crippen molar-refractivity contribution in [2.24, 2.45) is 0 Å². The summed E-state index contributed by atoms with van der Waals surface area (Å²) in [6.07, 6.45) is 4.43. The molecule has 0 radical (unpaired) electrons. The van der Waals surface area contributed by atoms with Gasteiger partial charge in [-0.3, -0.25) is 0 Å². The van der Waals surface area contributed by atoms with Gasteiger partial charge in [0, 0.05) is 24.0 Å². The van der Waals surface area contributed by atoms with Gasteiger partial charge in [-0.05, 0) is 45.5 Å². The van der Waals surface area contributed by atoms with Crippen LogP contribution in [-0.4, -0.2) is 61.8 Å². The zero-order valence-electron chi connectivity index (χ0n) is 16.8. The molecule has 2 N–H and O–H groups in total. The number of aromatic nitrogens is 2. The first-order chi connectivity index (χ1) is 13.1. The molecule has 148 valence electrons. The maximum atomic E-state index is 5.48. The third-order valence-electron chi connectivity index (χ3n) is 5.07. The largest absolute Gasteiger partial charge is 0.493 e. The highest BCUT2D eigenvalue weighted by Crippen LogP contribution is 2.35. The number of likely N-dealkylation sites (tertiary alicyclic amines) is 1. The van der Waals surface area contributed by atoms with Crippen molar-refractivity contribution in [3.63, 3.8) is 0 Å². The predicted octanol–water partition coefficient (Wildman–Crippen LogP) is 3.37. The van der Waals surface area contributed by atoms with E-state index in [0.29, 0.717) is 23.5 Å². The summed E-state index contributed by atoms with van der Waals surface area (Å²) in [4.78, 5) is 11.8. The molecule has 0 atom stereocenters. The molecule has 0 bridgehead atoms. The second kappa shape index (κ2) is 9.08. The summed E-state index contributed by atoms with van der Waals surface area (Å²) >= 11 is 0. The molecule has 1 saturated heterocycles. The van der Waals surface area contributed by atoms with Gasteiger partial charge in [-0.15, -0.1) is 0 Å². The Morgan fingerprint density at radius 1 is 1.11 bits per heavy atom. The number of nitrogens with one attached hydrogen (secondary N) is 2. The van der Waals surface area contributed by atoms with Crippen molar-refractivity contribution in [1.29, 1.82) is 0 Å². The Bertz CT molecular complexity index is 760. The van der Waals surface area contributed by atoms with Crippen molar-refractivity contribution >= 4 is 22.7 Å². The maximum Gasteiger partial charge on any atom is 0.225 e. The van der Waals surface area contributed by atoms with E-state index in [2.05, 4.69) is 29.5 Å². The minimum Gasteiger partial charge on any atom is -0.493 e. The highest BCUT2D eigenvalue weighted by Gasteiger charge is 2.19. The zero-order valence-corrected chi connectivity index (χ0v) is 16.8. The van der Waals surface area contributed by atoms with Crippen molar-refractivity contribution in [2.45, 2.75) is 38.6 Å². The smallest absolute Gasteiger partial charge is 0.225 e. The maximum absolute atomic E-state index is 5.48. The fourth-order valence-electron chi connectivity index (χ4n) is 3.37.